The summed E-state index contributed by atoms with van der Waals surface area (Å²) in [6.45, 7) is 4.21. The normalized spacial score (nSPS) is 22.7. The first kappa shape index (κ1) is 16.1. The maximum Gasteiger partial charge on any atom is 0.257 e. The van der Waals surface area contributed by atoms with Crippen LogP contribution in [0.3, 0.4) is 0 Å². The molecule has 1 saturated carbocycles. The van der Waals surface area contributed by atoms with Crippen molar-refractivity contribution in [2.75, 3.05) is 6.61 Å². The molecule has 2 N–H and O–H groups in total. The molecule has 6 nitrogen and oxygen atoms in total. The van der Waals surface area contributed by atoms with E-state index in [0.29, 0.717) is 36.5 Å². The zero-order valence-electron chi connectivity index (χ0n) is 14.4. The van der Waals surface area contributed by atoms with Gasteiger partial charge in [0, 0.05) is 6.42 Å². The number of ether oxygens (including phenoxy) is 1. The lowest BCUT2D eigenvalue weighted by atomic mass is 9.74. The maximum absolute atomic E-state index is 12.8. The van der Waals surface area contributed by atoms with E-state index < -0.39 is 0 Å². The van der Waals surface area contributed by atoms with E-state index in [1.54, 1.807) is 13.8 Å². The Hall–Kier alpha value is -2.34. The molecule has 1 aliphatic heterocycles. The van der Waals surface area contributed by atoms with Crippen LogP contribution in [0.5, 0.6) is 5.75 Å². The molecule has 0 saturated heterocycles. The molecule has 1 atom stereocenters. The number of rotatable bonds is 4. The minimum atomic E-state index is -0.277. The number of aromatic nitrogens is 1. The Morgan fingerprint density at radius 1 is 1.36 bits per heavy atom. The van der Waals surface area contributed by atoms with Gasteiger partial charge >= 0.3 is 0 Å². The van der Waals surface area contributed by atoms with Crippen LogP contribution in [-0.4, -0.2) is 28.9 Å². The first-order valence-corrected chi connectivity index (χ1v) is 8.70. The summed E-state index contributed by atoms with van der Waals surface area (Å²) in [6, 6.07) is 5.95. The Morgan fingerprint density at radius 3 is 2.84 bits per heavy atom. The number of benzene rings is 1. The van der Waals surface area contributed by atoms with Gasteiger partial charge in [0.25, 0.3) is 5.91 Å². The average molecular weight is 342 g/mol. The number of aliphatic hydroxyl groups is 1. The largest absolute Gasteiger partial charge is 0.493 e. The summed E-state index contributed by atoms with van der Waals surface area (Å²) in [6.07, 6.45) is 2.00. The lowest BCUT2D eigenvalue weighted by Gasteiger charge is -2.38. The maximum atomic E-state index is 12.8. The van der Waals surface area contributed by atoms with Crippen molar-refractivity contribution in [3.63, 3.8) is 0 Å². The minimum absolute atomic E-state index is 0.143. The third-order valence-electron chi connectivity index (χ3n) is 5.24. The van der Waals surface area contributed by atoms with Gasteiger partial charge < -0.3 is 19.7 Å². The van der Waals surface area contributed by atoms with Gasteiger partial charge in [0.15, 0.2) is 0 Å². The molecule has 1 amide bonds. The van der Waals surface area contributed by atoms with Gasteiger partial charge in [0.2, 0.25) is 0 Å². The van der Waals surface area contributed by atoms with Crippen molar-refractivity contribution in [1.29, 1.82) is 0 Å². The number of amides is 1. The van der Waals surface area contributed by atoms with Crippen molar-refractivity contribution in [1.82, 2.24) is 10.5 Å². The third-order valence-corrected chi connectivity index (χ3v) is 5.24. The number of fused-ring (bicyclic) bond motifs is 1. The van der Waals surface area contributed by atoms with Crippen LogP contribution in [0.1, 0.15) is 51.8 Å². The van der Waals surface area contributed by atoms with E-state index in [1.165, 1.54) is 5.56 Å². The Morgan fingerprint density at radius 2 is 2.16 bits per heavy atom. The first-order valence-electron chi connectivity index (χ1n) is 8.70. The van der Waals surface area contributed by atoms with Crippen LogP contribution in [0.15, 0.2) is 22.7 Å². The molecule has 1 aromatic carbocycles. The average Bonchev–Trinajstić information content (AvgIpc) is 3.15. The predicted octanol–water partition coefficient (Wildman–Crippen LogP) is 2.47. The van der Waals surface area contributed by atoms with E-state index in [1.807, 2.05) is 12.1 Å². The molecule has 1 fully saturated rings. The van der Waals surface area contributed by atoms with Crippen molar-refractivity contribution in [3.8, 4) is 5.75 Å². The van der Waals surface area contributed by atoms with Gasteiger partial charge in [-0.25, -0.2) is 0 Å². The van der Waals surface area contributed by atoms with E-state index in [9.17, 15) is 9.90 Å². The van der Waals surface area contributed by atoms with Crippen LogP contribution < -0.4 is 10.1 Å². The minimum Gasteiger partial charge on any atom is -0.493 e. The molecule has 1 aromatic heterocycles. The summed E-state index contributed by atoms with van der Waals surface area (Å²) in [5.74, 6) is 1.48. The molecule has 6 heteroatoms. The fourth-order valence-corrected chi connectivity index (χ4v) is 3.80. The van der Waals surface area contributed by atoms with Crippen LogP contribution in [-0.2, 0) is 6.42 Å². The van der Waals surface area contributed by atoms with Gasteiger partial charge in [-0.2, -0.15) is 0 Å². The molecular formula is C19H22N2O4. The van der Waals surface area contributed by atoms with Crippen molar-refractivity contribution < 1.29 is 19.2 Å². The van der Waals surface area contributed by atoms with E-state index in [0.717, 1.165) is 17.7 Å². The van der Waals surface area contributed by atoms with E-state index in [-0.39, 0.29) is 24.0 Å². The Balaban J connectivity index is 1.62. The smallest absolute Gasteiger partial charge is 0.257 e. The quantitative estimate of drug-likeness (QED) is 0.892. The Bertz CT molecular complexity index is 788. The Kier molecular flexibility index (Phi) is 4.00. The fourth-order valence-electron chi connectivity index (χ4n) is 3.80. The molecule has 132 valence electrons. The SMILES string of the molecule is Cc1noc(C)c1C(=O)N[C@H](c1ccc2c(c1)CCO2)C1CC(O)C1. The van der Waals surface area contributed by atoms with Crippen LogP contribution >= 0.6 is 0 Å². The number of aliphatic hydroxyl groups excluding tert-OH is 1. The van der Waals surface area contributed by atoms with E-state index >= 15 is 0 Å². The van der Waals surface area contributed by atoms with Crippen LogP contribution in [0.2, 0.25) is 0 Å². The third kappa shape index (κ3) is 2.91. The summed E-state index contributed by atoms with van der Waals surface area (Å²) in [4.78, 5) is 12.8. The van der Waals surface area contributed by atoms with Gasteiger partial charge in [0.05, 0.1) is 24.4 Å². The zero-order chi connectivity index (χ0) is 17.6. The first-order chi connectivity index (χ1) is 12.0. The fraction of sp³-hybridized carbons (Fsp3) is 0.474. The molecule has 0 bridgehead atoms. The van der Waals surface area contributed by atoms with Crippen molar-refractivity contribution in [2.45, 2.75) is 45.3 Å². The molecular weight excluding hydrogens is 320 g/mol. The molecule has 1 aliphatic carbocycles. The number of hydrogen-bond donors (Lipinski definition) is 2. The molecule has 4 rings (SSSR count). The van der Waals surface area contributed by atoms with Gasteiger partial charge in [-0.1, -0.05) is 11.2 Å². The molecule has 25 heavy (non-hydrogen) atoms. The number of nitrogens with one attached hydrogen (secondary N) is 1. The van der Waals surface area contributed by atoms with Gasteiger partial charge in [-0.3, -0.25) is 4.79 Å². The number of carbonyl (C=O) groups excluding carboxylic acids is 1. The predicted molar refractivity (Wildman–Crippen MR) is 90.6 cm³/mol. The Labute approximate surface area is 146 Å². The molecule has 2 heterocycles. The highest BCUT2D eigenvalue weighted by molar-refractivity contribution is 5.96. The number of carbonyl (C=O) groups is 1. The summed E-state index contributed by atoms with van der Waals surface area (Å²) in [5, 5.41) is 16.7. The second kappa shape index (κ2) is 6.19. The zero-order valence-corrected chi connectivity index (χ0v) is 14.4. The molecule has 0 unspecified atom stereocenters. The monoisotopic (exact) mass is 342 g/mol. The lowest BCUT2D eigenvalue weighted by molar-refractivity contribution is 0.0235. The second-order valence-electron chi connectivity index (χ2n) is 7.00. The van der Waals surface area contributed by atoms with E-state index in [2.05, 4.69) is 16.5 Å². The summed E-state index contributed by atoms with van der Waals surface area (Å²) >= 11 is 0. The number of aryl methyl sites for hydroxylation is 2. The second-order valence-corrected chi connectivity index (χ2v) is 7.00. The standard InChI is InChI=1S/C19H22N2O4/c1-10-17(11(2)25-21-10)19(23)20-18(14-8-15(22)9-14)13-3-4-16-12(7-13)5-6-24-16/h3-4,7,14-15,18,22H,5-6,8-9H2,1-2H3,(H,20,23)/t14?,15?,18-/m1/s1. The number of nitrogens with zero attached hydrogens (tertiary/aromatic N) is 1. The van der Waals surface area contributed by atoms with Crippen LogP contribution in [0, 0.1) is 19.8 Å². The summed E-state index contributed by atoms with van der Waals surface area (Å²) in [5.41, 5.74) is 3.31. The van der Waals surface area contributed by atoms with E-state index in [4.69, 9.17) is 9.26 Å². The highest BCUT2D eigenvalue weighted by Gasteiger charge is 2.36. The molecule has 2 aliphatic rings. The van der Waals surface area contributed by atoms with Gasteiger partial charge in [0.1, 0.15) is 17.1 Å². The van der Waals surface area contributed by atoms with Crippen LogP contribution in [0.25, 0.3) is 0 Å². The molecule has 2 aromatic rings. The lowest BCUT2D eigenvalue weighted by Crippen LogP contribution is -2.41. The molecule has 0 radical (unpaired) electrons. The highest BCUT2D eigenvalue weighted by Crippen LogP contribution is 2.40. The van der Waals surface area contributed by atoms with Crippen molar-refractivity contribution in [3.05, 3.63) is 46.3 Å². The topological polar surface area (TPSA) is 84.6 Å². The van der Waals surface area contributed by atoms with Gasteiger partial charge in [-0.05, 0) is 55.9 Å². The molecule has 0 spiro atoms. The summed E-state index contributed by atoms with van der Waals surface area (Å²) in [7, 11) is 0. The van der Waals surface area contributed by atoms with Crippen LogP contribution in [0.4, 0.5) is 0 Å². The van der Waals surface area contributed by atoms with Crippen molar-refractivity contribution >= 4 is 5.91 Å². The summed E-state index contributed by atoms with van der Waals surface area (Å²) < 4.78 is 10.7. The number of hydrogen-bond acceptors (Lipinski definition) is 5. The van der Waals surface area contributed by atoms with Gasteiger partial charge in [-0.15, -0.1) is 0 Å². The van der Waals surface area contributed by atoms with Crippen molar-refractivity contribution in [2.24, 2.45) is 5.92 Å². The highest BCUT2D eigenvalue weighted by atomic mass is 16.5.